The fraction of sp³-hybridized carbons (Fsp3) is 0. The van der Waals surface area contributed by atoms with Crippen LogP contribution in [0.25, 0.3) is 87.2 Å². The summed E-state index contributed by atoms with van der Waals surface area (Å²) in [5.41, 5.74) is 7.27. The molecule has 10 rings (SSSR count). The largest absolute Gasteiger partial charge is 0.455 e. The highest BCUT2D eigenvalue weighted by Crippen LogP contribution is 2.53. The van der Waals surface area contributed by atoms with Crippen molar-refractivity contribution in [2.45, 2.75) is 0 Å². The first-order valence-electron chi connectivity index (χ1n) is 15.5. The van der Waals surface area contributed by atoms with Crippen molar-refractivity contribution in [3.05, 3.63) is 158 Å². The van der Waals surface area contributed by atoms with E-state index < -0.39 is 0 Å². The topological polar surface area (TPSA) is 9.23 Å². The predicted octanol–water partition coefficient (Wildman–Crippen LogP) is 12.6. The Kier molecular flexibility index (Phi) is 5.06. The van der Waals surface area contributed by atoms with E-state index in [1.54, 1.807) is 0 Å². The summed E-state index contributed by atoms with van der Waals surface area (Å²) < 4.78 is 6.88. The minimum Gasteiger partial charge on any atom is -0.455 e. The summed E-state index contributed by atoms with van der Waals surface area (Å²) in [4.78, 5) is 0. The maximum atomic E-state index is 6.88. The van der Waals surface area contributed by atoms with Crippen LogP contribution in [0, 0.1) is 0 Å². The molecule has 0 bridgehead atoms. The standard InChI is InChI=1S/C44H26O/c1-2-11-27(12-3-1)38-26-40-34-20-10-19-33-35(23-24-41(43(33)34)45-44(40)37-18-9-8-17-32(37)38)42-31-16-7-5-14-29(31)25-39-30-15-6-4-13-28(30)21-22-36(39)42/h1-26H. The number of benzene rings is 9. The summed E-state index contributed by atoms with van der Waals surface area (Å²) in [6, 6.07) is 57.2. The first-order chi connectivity index (χ1) is 22.3. The van der Waals surface area contributed by atoms with Gasteiger partial charge in [0.1, 0.15) is 11.5 Å². The summed E-state index contributed by atoms with van der Waals surface area (Å²) in [6.07, 6.45) is 0. The molecule has 45 heavy (non-hydrogen) atoms. The van der Waals surface area contributed by atoms with Crippen molar-refractivity contribution in [2.75, 3.05) is 0 Å². The third kappa shape index (κ3) is 3.50. The Morgan fingerprint density at radius 1 is 0.333 bits per heavy atom. The zero-order valence-electron chi connectivity index (χ0n) is 24.4. The molecule has 1 aliphatic rings. The van der Waals surface area contributed by atoms with Gasteiger partial charge < -0.3 is 4.74 Å². The second-order valence-corrected chi connectivity index (χ2v) is 12.0. The third-order valence-corrected chi connectivity index (χ3v) is 9.62. The molecule has 9 aromatic carbocycles. The maximum absolute atomic E-state index is 6.88. The molecule has 0 spiro atoms. The van der Waals surface area contributed by atoms with Crippen LogP contribution in [0.4, 0.5) is 0 Å². The van der Waals surface area contributed by atoms with Crippen LogP contribution in [-0.4, -0.2) is 0 Å². The molecular formula is C44H26O. The van der Waals surface area contributed by atoms with E-state index in [-0.39, 0.29) is 0 Å². The van der Waals surface area contributed by atoms with E-state index in [0.29, 0.717) is 0 Å². The molecule has 0 aromatic heterocycles. The Labute approximate surface area is 260 Å². The molecule has 1 nitrogen and oxygen atoms in total. The lowest BCUT2D eigenvalue weighted by Gasteiger charge is -2.25. The van der Waals surface area contributed by atoms with E-state index in [1.165, 1.54) is 76.3 Å². The Morgan fingerprint density at radius 2 is 1.04 bits per heavy atom. The van der Waals surface area contributed by atoms with Crippen molar-refractivity contribution in [3.8, 4) is 44.9 Å². The molecule has 0 saturated heterocycles. The molecule has 208 valence electrons. The maximum Gasteiger partial charge on any atom is 0.143 e. The molecule has 9 aromatic rings. The molecule has 0 fully saturated rings. The number of ether oxygens (including phenoxy) is 1. The van der Waals surface area contributed by atoms with Gasteiger partial charge >= 0.3 is 0 Å². The van der Waals surface area contributed by atoms with Crippen LogP contribution in [-0.2, 0) is 0 Å². The summed E-state index contributed by atoms with van der Waals surface area (Å²) in [5, 5.41) is 12.3. The van der Waals surface area contributed by atoms with Gasteiger partial charge in [0.2, 0.25) is 0 Å². The highest BCUT2D eigenvalue weighted by Gasteiger charge is 2.26. The zero-order valence-corrected chi connectivity index (χ0v) is 24.4. The minimum atomic E-state index is 0.907. The molecule has 0 aliphatic carbocycles. The molecule has 0 N–H and O–H groups in total. The van der Waals surface area contributed by atoms with Crippen molar-refractivity contribution in [3.63, 3.8) is 0 Å². The Hall–Kier alpha value is -5.92. The van der Waals surface area contributed by atoms with Crippen molar-refractivity contribution < 1.29 is 4.74 Å². The lowest BCUT2D eigenvalue weighted by molar-refractivity contribution is 0.493. The van der Waals surface area contributed by atoms with Gasteiger partial charge in [-0.15, -0.1) is 0 Å². The van der Waals surface area contributed by atoms with Crippen LogP contribution in [0.3, 0.4) is 0 Å². The van der Waals surface area contributed by atoms with Crippen molar-refractivity contribution in [2.24, 2.45) is 0 Å². The van der Waals surface area contributed by atoms with Gasteiger partial charge in [-0.05, 0) is 95.2 Å². The average Bonchev–Trinajstić information content (AvgIpc) is 3.11. The van der Waals surface area contributed by atoms with Gasteiger partial charge in [-0.3, -0.25) is 0 Å². The zero-order chi connectivity index (χ0) is 29.5. The lowest BCUT2D eigenvalue weighted by Crippen LogP contribution is -2.00. The van der Waals surface area contributed by atoms with Crippen molar-refractivity contribution >= 4 is 53.9 Å². The number of hydrogen-bond donors (Lipinski definition) is 0. The SMILES string of the molecule is c1ccc(-c2cc3c(c4ccccc24)Oc2ccc(-c4c5ccccc5cc5c4ccc4ccccc45)c4cccc-3c24)cc1. The Balaban J connectivity index is 1.31. The molecular weight excluding hydrogens is 544 g/mol. The molecule has 0 saturated carbocycles. The van der Waals surface area contributed by atoms with E-state index in [4.69, 9.17) is 4.74 Å². The van der Waals surface area contributed by atoms with Crippen LogP contribution in [0.1, 0.15) is 0 Å². The average molecular weight is 571 g/mol. The third-order valence-electron chi connectivity index (χ3n) is 9.62. The minimum absolute atomic E-state index is 0.907. The molecule has 0 atom stereocenters. The van der Waals surface area contributed by atoms with E-state index in [2.05, 4.69) is 158 Å². The van der Waals surface area contributed by atoms with E-state index in [9.17, 15) is 0 Å². The van der Waals surface area contributed by atoms with Crippen LogP contribution in [0.15, 0.2) is 158 Å². The molecule has 0 unspecified atom stereocenters. The molecule has 0 amide bonds. The predicted molar refractivity (Wildman–Crippen MR) is 190 cm³/mol. The fourth-order valence-electron chi connectivity index (χ4n) is 7.64. The normalized spacial score (nSPS) is 12.2. The van der Waals surface area contributed by atoms with Crippen molar-refractivity contribution in [1.29, 1.82) is 0 Å². The van der Waals surface area contributed by atoms with Crippen LogP contribution in [0.5, 0.6) is 11.5 Å². The smallest absolute Gasteiger partial charge is 0.143 e. The lowest BCUT2D eigenvalue weighted by atomic mass is 9.84. The quantitative estimate of drug-likeness (QED) is 0.148. The van der Waals surface area contributed by atoms with Gasteiger partial charge in [-0.2, -0.15) is 0 Å². The van der Waals surface area contributed by atoms with Gasteiger partial charge in [-0.25, -0.2) is 0 Å². The molecule has 1 heterocycles. The summed E-state index contributed by atoms with van der Waals surface area (Å²) >= 11 is 0. The van der Waals surface area contributed by atoms with E-state index in [0.717, 1.165) is 22.4 Å². The van der Waals surface area contributed by atoms with Gasteiger partial charge in [0.25, 0.3) is 0 Å². The summed E-state index contributed by atoms with van der Waals surface area (Å²) in [5.74, 6) is 1.84. The molecule has 1 heteroatoms. The van der Waals surface area contributed by atoms with Crippen LogP contribution < -0.4 is 4.74 Å². The van der Waals surface area contributed by atoms with Gasteiger partial charge in [0.15, 0.2) is 0 Å². The second kappa shape index (κ2) is 9.29. The Bertz CT molecular complexity index is 2670. The highest BCUT2D eigenvalue weighted by molar-refractivity contribution is 6.24. The van der Waals surface area contributed by atoms with E-state index >= 15 is 0 Å². The monoisotopic (exact) mass is 570 g/mol. The van der Waals surface area contributed by atoms with Gasteiger partial charge in [-0.1, -0.05) is 133 Å². The first kappa shape index (κ1) is 24.5. The summed E-state index contributed by atoms with van der Waals surface area (Å²) in [6.45, 7) is 0. The second-order valence-electron chi connectivity index (χ2n) is 12.0. The number of hydrogen-bond acceptors (Lipinski definition) is 1. The van der Waals surface area contributed by atoms with Crippen LogP contribution >= 0.6 is 0 Å². The molecule has 0 radical (unpaired) electrons. The van der Waals surface area contributed by atoms with Gasteiger partial charge in [0, 0.05) is 16.3 Å². The van der Waals surface area contributed by atoms with E-state index in [1.807, 2.05) is 0 Å². The van der Waals surface area contributed by atoms with Gasteiger partial charge in [0.05, 0.1) is 0 Å². The first-order valence-corrected chi connectivity index (χ1v) is 15.5. The highest BCUT2D eigenvalue weighted by atomic mass is 16.5. The Morgan fingerprint density at radius 3 is 1.91 bits per heavy atom. The fourth-order valence-corrected chi connectivity index (χ4v) is 7.64. The number of rotatable bonds is 2. The van der Waals surface area contributed by atoms with Crippen molar-refractivity contribution in [1.82, 2.24) is 0 Å². The molecule has 1 aliphatic heterocycles. The van der Waals surface area contributed by atoms with Crippen LogP contribution in [0.2, 0.25) is 0 Å². The summed E-state index contributed by atoms with van der Waals surface area (Å²) in [7, 11) is 0. The number of fused-ring (bicyclic) bond motifs is 8.